The van der Waals surface area contributed by atoms with E-state index in [0.29, 0.717) is 0 Å². The first-order valence-corrected chi connectivity index (χ1v) is 11.4. The van der Waals surface area contributed by atoms with Gasteiger partial charge in [0.25, 0.3) is 0 Å². The largest absolute Gasteiger partial charge is 0.282 e. The maximum absolute atomic E-state index is 4.95. The fraction of sp³-hybridized carbons (Fsp3) is 0. The molecule has 4 rings (SSSR count). The summed E-state index contributed by atoms with van der Waals surface area (Å²) in [5.74, 6) is 0. The fourth-order valence-electron chi connectivity index (χ4n) is 3.63. The molecule has 0 spiro atoms. The van der Waals surface area contributed by atoms with Gasteiger partial charge >= 0.3 is 0 Å². The molecule has 0 unspecified atom stereocenters. The smallest absolute Gasteiger partial charge is 0.102 e. The summed E-state index contributed by atoms with van der Waals surface area (Å²) in [7, 11) is -2.47. The highest BCUT2D eigenvalue weighted by Crippen LogP contribution is 2.10. The minimum Gasteiger partial charge on any atom is -0.282 e. The third-order valence-electron chi connectivity index (χ3n) is 4.72. The van der Waals surface area contributed by atoms with E-state index in [1.807, 2.05) is 6.07 Å². The van der Waals surface area contributed by atoms with Gasteiger partial charge < -0.3 is 0 Å². The van der Waals surface area contributed by atoms with Crippen molar-refractivity contribution in [2.45, 2.75) is 0 Å². The van der Waals surface area contributed by atoms with Gasteiger partial charge in [0, 0.05) is 0 Å². The van der Waals surface area contributed by atoms with E-state index in [1.165, 1.54) is 15.6 Å². The van der Waals surface area contributed by atoms with Crippen molar-refractivity contribution in [1.29, 1.82) is 0 Å². The zero-order chi connectivity index (χ0) is 17.8. The first-order chi connectivity index (χ1) is 12.8. The quantitative estimate of drug-likeness (QED) is 0.283. The van der Waals surface area contributed by atoms with Gasteiger partial charge in [-0.05, 0) is 30.1 Å². The Morgan fingerprint density at radius 3 is 1.31 bits per heavy atom. The first kappa shape index (κ1) is 16.9. The molecule has 3 heteroatoms. The number of aromatic nitrogens is 1. The van der Waals surface area contributed by atoms with Gasteiger partial charge in [0.2, 0.25) is 0 Å². The van der Waals surface area contributed by atoms with Crippen LogP contribution in [0.15, 0.2) is 114 Å². The Balaban J connectivity index is 2.14. The number of pyridine rings is 1. The van der Waals surface area contributed by atoms with Crippen LogP contribution in [0, 0.1) is 0 Å². The summed E-state index contributed by atoms with van der Waals surface area (Å²) in [5.41, 5.74) is 0. The summed E-state index contributed by atoms with van der Waals surface area (Å²) in [6.45, 7) is 0. The average molecular weight is 416 g/mol. The summed E-state index contributed by atoms with van der Waals surface area (Å²) in [4.78, 5) is 4.95. The molecule has 0 radical (unpaired) electrons. The lowest BCUT2D eigenvalue weighted by Crippen LogP contribution is -2.75. The van der Waals surface area contributed by atoms with Crippen LogP contribution in [0.2, 0.25) is 0 Å². The molecular formula is C23H18BrNSi-. The fourth-order valence-corrected chi connectivity index (χ4v) is 8.73. The van der Waals surface area contributed by atoms with Crippen LogP contribution in [0.25, 0.3) is 0 Å². The molecular weight excluding hydrogens is 398 g/mol. The molecule has 0 atom stereocenters. The molecule has 0 saturated heterocycles. The molecule has 26 heavy (non-hydrogen) atoms. The molecule has 0 N–H and O–H groups in total. The summed E-state index contributed by atoms with van der Waals surface area (Å²) in [5, 5.41) is 5.14. The van der Waals surface area contributed by atoms with E-state index in [2.05, 4.69) is 119 Å². The number of benzene rings is 3. The minimum atomic E-state index is -2.47. The normalized spacial score (nSPS) is 11.3. The van der Waals surface area contributed by atoms with Crippen LogP contribution >= 0.6 is 15.9 Å². The van der Waals surface area contributed by atoms with Crippen molar-refractivity contribution in [2.75, 3.05) is 0 Å². The molecule has 0 fully saturated rings. The standard InChI is InChI=1S/C23H18BrNSi/c24-22-17-10-18-23(25-22)26(19-11-4-1-5-12-19,20-13-6-2-7-14-20)21-15-8-3-9-16-21/h1-18H/q-1. The Bertz CT molecular complexity index is 891. The van der Waals surface area contributed by atoms with Crippen LogP contribution in [0.1, 0.15) is 0 Å². The zero-order valence-electron chi connectivity index (χ0n) is 14.2. The highest BCUT2D eigenvalue weighted by Gasteiger charge is 2.29. The van der Waals surface area contributed by atoms with Crippen molar-refractivity contribution in [1.82, 2.24) is 4.98 Å². The van der Waals surface area contributed by atoms with Gasteiger partial charge in [0.15, 0.2) is 0 Å². The topological polar surface area (TPSA) is 12.9 Å². The zero-order valence-corrected chi connectivity index (χ0v) is 16.8. The second-order valence-electron chi connectivity index (χ2n) is 6.19. The van der Waals surface area contributed by atoms with Crippen molar-refractivity contribution in [3.8, 4) is 0 Å². The number of hydrogen-bond acceptors (Lipinski definition) is 1. The predicted octanol–water partition coefficient (Wildman–Crippen LogP) is 3.22. The van der Waals surface area contributed by atoms with Crippen molar-refractivity contribution < 1.29 is 0 Å². The molecule has 127 valence electrons. The van der Waals surface area contributed by atoms with Crippen molar-refractivity contribution >= 4 is 44.9 Å². The first-order valence-electron chi connectivity index (χ1n) is 8.61. The number of halogens is 1. The van der Waals surface area contributed by atoms with Crippen LogP contribution in [0.5, 0.6) is 0 Å². The van der Waals surface area contributed by atoms with Crippen molar-refractivity contribution in [2.24, 2.45) is 0 Å². The van der Waals surface area contributed by atoms with Crippen molar-refractivity contribution in [3.05, 3.63) is 114 Å². The summed E-state index contributed by atoms with van der Waals surface area (Å²) in [6.07, 6.45) is 0. The minimum absolute atomic E-state index is 0.870. The van der Waals surface area contributed by atoms with E-state index in [0.717, 1.165) is 9.92 Å². The Morgan fingerprint density at radius 1 is 0.500 bits per heavy atom. The summed E-state index contributed by atoms with van der Waals surface area (Å²) < 4.78 is 0.870. The maximum Gasteiger partial charge on any atom is 0.102 e. The van der Waals surface area contributed by atoms with E-state index in [9.17, 15) is 0 Å². The van der Waals surface area contributed by atoms with Gasteiger partial charge in [-0.1, -0.05) is 108 Å². The Hall–Kier alpha value is -2.49. The lowest BCUT2D eigenvalue weighted by atomic mass is 10.3. The van der Waals surface area contributed by atoms with E-state index >= 15 is 0 Å². The highest BCUT2D eigenvalue weighted by molar-refractivity contribution is 9.10. The van der Waals surface area contributed by atoms with E-state index in [-0.39, 0.29) is 0 Å². The van der Waals surface area contributed by atoms with Gasteiger partial charge in [-0.2, -0.15) is 15.6 Å². The molecule has 1 nitrogen and oxygen atoms in total. The molecule has 1 heterocycles. The number of rotatable bonds is 4. The number of nitrogens with zero attached hydrogens (tertiary/aromatic N) is 1. The molecule has 1 aromatic heterocycles. The monoisotopic (exact) mass is 415 g/mol. The van der Waals surface area contributed by atoms with E-state index in [1.54, 1.807) is 0 Å². The maximum atomic E-state index is 4.95. The highest BCUT2D eigenvalue weighted by atomic mass is 79.9. The van der Waals surface area contributed by atoms with Crippen LogP contribution in [0.4, 0.5) is 0 Å². The Morgan fingerprint density at radius 2 is 0.923 bits per heavy atom. The van der Waals surface area contributed by atoms with Crippen LogP contribution in [-0.2, 0) is 0 Å². The second-order valence-corrected chi connectivity index (χ2v) is 10.8. The Kier molecular flexibility index (Phi) is 4.82. The molecule has 3 aromatic carbocycles. The summed E-state index contributed by atoms with van der Waals surface area (Å²) in [6, 6.07) is 38.7. The molecule has 0 saturated carbocycles. The van der Waals surface area contributed by atoms with Crippen LogP contribution < -0.4 is 20.9 Å². The Labute approximate surface area is 163 Å². The van der Waals surface area contributed by atoms with E-state index in [4.69, 9.17) is 4.98 Å². The lowest BCUT2D eigenvalue weighted by Gasteiger charge is -2.46. The molecule has 0 aliphatic carbocycles. The van der Waals surface area contributed by atoms with Gasteiger partial charge in [-0.25, -0.2) is 0 Å². The van der Waals surface area contributed by atoms with Crippen LogP contribution in [0.3, 0.4) is 0 Å². The SMILES string of the molecule is Brc1cccc([Si-](c2ccccc2)(c2ccccc2)c2ccccc2)n1. The van der Waals surface area contributed by atoms with E-state index < -0.39 is 8.07 Å². The van der Waals surface area contributed by atoms with Gasteiger partial charge in [-0.3, -0.25) is 4.98 Å². The van der Waals surface area contributed by atoms with Gasteiger partial charge in [0.05, 0.1) is 0 Å². The molecule has 0 amide bonds. The lowest BCUT2D eigenvalue weighted by molar-refractivity contribution is 1.32. The van der Waals surface area contributed by atoms with Crippen molar-refractivity contribution in [3.63, 3.8) is 0 Å². The van der Waals surface area contributed by atoms with Gasteiger partial charge in [0.1, 0.15) is 4.60 Å². The second kappa shape index (κ2) is 7.40. The molecule has 4 aromatic rings. The molecule has 0 aliphatic rings. The average Bonchev–Trinajstić information content (AvgIpc) is 2.71. The van der Waals surface area contributed by atoms with Crippen LogP contribution in [-0.4, -0.2) is 13.1 Å². The predicted molar refractivity (Wildman–Crippen MR) is 116 cm³/mol. The summed E-state index contributed by atoms with van der Waals surface area (Å²) >= 11 is 3.58. The third-order valence-corrected chi connectivity index (χ3v) is 9.81. The van der Waals surface area contributed by atoms with Gasteiger partial charge in [-0.15, -0.1) is 0 Å². The number of hydrogen-bond donors (Lipinski definition) is 0. The third kappa shape index (κ3) is 2.94. The molecule has 0 bridgehead atoms. The molecule has 0 aliphatic heterocycles.